The molecule has 0 spiro atoms. The smallest absolute Gasteiger partial charge is 0.371 e. The Balaban J connectivity index is 0.000000281. The summed E-state index contributed by atoms with van der Waals surface area (Å²) in [5.41, 5.74) is 0. The molecule has 0 fully saturated rings. The molecule has 0 amide bonds. The van der Waals surface area contributed by atoms with Crippen molar-refractivity contribution in [3.05, 3.63) is 18.7 Å². The average molecular weight is 251 g/mol. The van der Waals surface area contributed by atoms with Crippen molar-refractivity contribution >= 4 is 13.8 Å². The highest BCUT2D eigenvalue weighted by molar-refractivity contribution is 7.46. The van der Waals surface area contributed by atoms with Crippen LogP contribution in [0.25, 0.3) is 0 Å². The predicted molar refractivity (Wildman–Crippen MR) is 55.1 cm³/mol. The number of phosphoric ester groups is 1. The van der Waals surface area contributed by atoms with Crippen LogP contribution in [0.15, 0.2) is 18.7 Å². The summed E-state index contributed by atoms with van der Waals surface area (Å²) >= 11 is 0. The fourth-order valence-electron chi connectivity index (χ4n) is 0.856. The van der Waals surface area contributed by atoms with Crippen LogP contribution in [0.2, 0.25) is 0 Å². The maximum Gasteiger partial charge on any atom is 0.526 e. The molecule has 0 aromatic carbocycles. The summed E-state index contributed by atoms with van der Waals surface area (Å²) < 4.78 is 17.3. The second-order valence-electron chi connectivity index (χ2n) is 2.98. The topological polar surface area (TPSA) is 92.6 Å². The van der Waals surface area contributed by atoms with Gasteiger partial charge in [-0.05, 0) is 6.92 Å². The lowest BCUT2D eigenvalue weighted by atomic mass is 10.7. The highest BCUT2D eigenvalue weighted by Crippen LogP contribution is 2.35. The highest BCUT2D eigenvalue weighted by Gasteiger charge is 2.16. The van der Waals surface area contributed by atoms with E-state index in [0.29, 0.717) is 0 Å². The van der Waals surface area contributed by atoms with Gasteiger partial charge in [-0.2, -0.15) is 0 Å². The van der Waals surface area contributed by atoms with Crippen molar-refractivity contribution < 1.29 is 28.2 Å². The summed E-state index contributed by atoms with van der Waals surface area (Å²) in [7, 11) is -2.55. The van der Waals surface area contributed by atoms with Crippen LogP contribution in [0, 0.1) is 0 Å². The van der Waals surface area contributed by atoms with Crippen LogP contribution in [-0.4, -0.2) is 20.3 Å². The van der Waals surface area contributed by atoms with Crippen molar-refractivity contribution in [1.82, 2.24) is 4.57 Å². The van der Waals surface area contributed by atoms with Gasteiger partial charge in [-0.3, -0.25) is 14.6 Å². The van der Waals surface area contributed by atoms with E-state index in [1.807, 2.05) is 17.8 Å². The zero-order chi connectivity index (χ0) is 12.8. The number of carbonyl (C=O) groups is 1. The molecule has 1 heterocycles. The van der Waals surface area contributed by atoms with E-state index >= 15 is 0 Å². The molecule has 0 saturated heterocycles. The summed E-state index contributed by atoms with van der Waals surface area (Å²) in [6.07, 6.45) is 6.14. The van der Waals surface area contributed by atoms with Crippen LogP contribution in [0.3, 0.4) is 0 Å². The quantitative estimate of drug-likeness (QED) is 0.569. The second kappa shape index (κ2) is 6.42. The Bertz CT molecular complexity index is 384. The van der Waals surface area contributed by atoms with Gasteiger partial charge < -0.3 is 4.52 Å². The molecule has 1 aromatic rings. The molecule has 2 N–H and O–H groups in total. The Hall–Kier alpha value is -1.17. The number of phosphoric acid groups is 1. The number of hydrogen-bond donors (Lipinski definition) is 2. The summed E-state index contributed by atoms with van der Waals surface area (Å²) in [4.78, 5) is 25.5. The van der Waals surface area contributed by atoms with Crippen molar-refractivity contribution in [3.63, 3.8) is 0 Å². The first-order chi connectivity index (χ1) is 7.24. The number of nitrogens with zero attached hydrogens (tertiary/aromatic N) is 2. The van der Waals surface area contributed by atoms with Crippen molar-refractivity contribution in [2.75, 3.05) is 0 Å². The molecule has 0 atom stereocenters. The van der Waals surface area contributed by atoms with Crippen LogP contribution >= 0.6 is 7.82 Å². The molecule has 0 aliphatic carbocycles. The van der Waals surface area contributed by atoms with Gasteiger partial charge in [-0.15, -0.1) is 0 Å². The van der Waals surface area contributed by atoms with Crippen molar-refractivity contribution in [1.29, 1.82) is 0 Å². The molecule has 1 aromatic heterocycles. The zero-order valence-electron chi connectivity index (χ0n) is 9.40. The first kappa shape index (κ1) is 14.8. The van der Waals surface area contributed by atoms with Crippen molar-refractivity contribution in [3.8, 4) is 0 Å². The largest absolute Gasteiger partial charge is 0.526 e. The lowest BCUT2D eigenvalue weighted by Crippen LogP contribution is -2.28. The Kier molecular flexibility index (Phi) is 5.95. The fourth-order valence-corrected chi connectivity index (χ4v) is 1.19. The lowest BCUT2D eigenvalue weighted by Gasteiger charge is -1.98. The van der Waals surface area contributed by atoms with E-state index in [-0.39, 0.29) is 0 Å². The molecular weight excluding hydrogens is 235 g/mol. The van der Waals surface area contributed by atoms with E-state index < -0.39 is 13.8 Å². The molecule has 0 aliphatic heterocycles. The van der Waals surface area contributed by atoms with Gasteiger partial charge in [0.2, 0.25) is 6.33 Å². The summed E-state index contributed by atoms with van der Waals surface area (Å²) in [6, 6.07) is 0. The van der Waals surface area contributed by atoms with E-state index in [9.17, 15) is 9.36 Å². The molecule has 16 heavy (non-hydrogen) atoms. The van der Waals surface area contributed by atoms with E-state index in [0.717, 1.165) is 13.5 Å². The van der Waals surface area contributed by atoms with Gasteiger partial charge in [0.1, 0.15) is 12.4 Å². The van der Waals surface area contributed by atoms with Crippen LogP contribution < -0.4 is 4.57 Å². The SMILES string of the molecule is CC(=O)OP(=O)(O)O.CC[n+]1ccn(C)c1. The number of hydrogen-bond acceptors (Lipinski definition) is 3. The van der Waals surface area contributed by atoms with E-state index in [2.05, 4.69) is 28.5 Å². The molecule has 0 bridgehead atoms. The molecule has 0 aliphatic rings. The van der Waals surface area contributed by atoms with Gasteiger partial charge in [0.15, 0.2) is 0 Å². The normalized spacial score (nSPS) is 10.3. The fraction of sp³-hybridized carbons (Fsp3) is 0.500. The third kappa shape index (κ3) is 8.16. The van der Waals surface area contributed by atoms with Crippen LogP contribution in [0.1, 0.15) is 13.8 Å². The Labute approximate surface area is 93.5 Å². The standard InChI is InChI=1S/C6H11N2.C2H5O5P/c1-3-8-5-4-7(2)6-8;1-2(3)7-8(4,5)6/h4-6H,3H2,1-2H3;1H3,(H2,4,5,6)/q+1;. The summed E-state index contributed by atoms with van der Waals surface area (Å²) in [5.74, 6) is -0.988. The van der Waals surface area contributed by atoms with Crippen LogP contribution in [0.4, 0.5) is 0 Å². The average Bonchev–Trinajstić information content (AvgIpc) is 2.47. The maximum absolute atomic E-state index is 9.74. The minimum atomic E-state index is -4.57. The van der Waals surface area contributed by atoms with E-state index in [4.69, 9.17) is 9.79 Å². The second-order valence-corrected chi connectivity index (χ2v) is 4.15. The minimum Gasteiger partial charge on any atom is -0.371 e. The zero-order valence-corrected chi connectivity index (χ0v) is 10.3. The Morgan fingerprint density at radius 1 is 1.56 bits per heavy atom. The maximum atomic E-state index is 9.74. The lowest BCUT2D eigenvalue weighted by molar-refractivity contribution is -0.693. The van der Waals surface area contributed by atoms with Gasteiger partial charge in [0, 0.05) is 6.92 Å². The molecule has 8 heteroatoms. The summed E-state index contributed by atoms with van der Waals surface area (Å²) in [5, 5.41) is 0. The highest BCUT2D eigenvalue weighted by atomic mass is 31.2. The molecule has 0 radical (unpaired) electrons. The van der Waals surface area contributed by atoms with Gasteiger partial charge >= 0.3 is 13.8 Å². The molecule has 92 valence electrons. The van der Waals surface area contributed by atoms with Crippen LogP contribution in [0.5, 0.6) is 0 Å². The molecule has 0 saturated carbocycles. The third-order valence-electron chi connectivity index (χ3n) is 1.44. The first-order valence-electron chi connectivity index (χ1n) is 4.51. The number of aryl methyl sites for hydroxylation is 2. The number of rotatable bonds is 2. The van der Waals surface area contributed by atoms with E-state index in [1.165, 1.54) is 0 Å². The molecule has 0 unspecified atom stereocenters. The number of aromatic nitrogens is 2. The van der Waals surface area contributed by atoms with Crippen molar-refractivity contribution in [2.24, 2.45) is 7.05 Å². The number of imidazole rings is 1. The first-order valence-corrected chi connectivity index (χ1v) is 6.04. The van der Waals surface area contributed by atoms with Gasteiger partial charge in [-0.1, -0.05) is 0 Å². The van der Waals surface area contributed by atoms with Crippen molar-refractivity contribution in [2.45, 2.75) is 20.4 Å². The van der Waals surface area contributed by atoms with Gasteiger partial charge in [0.25, 0.3) is 0 Å². The van der Waals surface area contributed by atoms with Gasteiger partial charge in [-0.25, -0.2) is 13.7 Å². The number of carbonyl (C=O) groups excluding carboxylic acids is 1. The Morgan fingerprint density at radius 2 is 2.12 bits per heavy atom. The summed E-state index contributed by atoms with van der Waals surface area (Å²) in [6.45, 7) is 4.10. The van der Waals surface area contributed by atoms with E-state index in [1.54, 1.807) is 0 Å². The van der Waals surface area contributed by atoms with Crippen LogP contribution in [-0.2, 0) is 27.5 Å². The molecular formula is C8H16N2O5P+. The third-order valence-corrected chi connectivity index (χ3v) is 1.93. The van der Waals surface area contributed by atoms with Gasteiger partial charge in [0.05, 0.1) is 13.6 Å². The monoisotopic (exact) mass is 251 g/mol. The predicted octanol–water partition coefficient (Wildman–Crippen LogP) is -0.0253. The molecule has 1 rings (SSSR count). The Morgan fingerprint density at radius 3 is 2.25 bits per heavy atom. The minimum absolute atomic E-state index is 0.916. The molecule has 7 nitrogen and oxygen atoms in total.